The van der Waals surface area contributed by atoms with Gasteiger partial charge in [-0.15, -0.1) is 11.6 Å². The van der Waals surface area contributed by atoms with E-state index in [-0.39, 0.29) is 23.0 Å². The van der Waals surface area contributed by atoms with Gasteiger partial charge in [-0.2, -0.15) is 0 Å². The van der Waals surface area contributed by atoms with Gasteiger partial charge in [-0.05, 0) is 49.5 Å². The quantitative estimate of drug-likeness (QED) is 0.782. The molecule has 0 aromatic rings. The molecular weight excluding hydrogens is 248 g/mol. The topological polar surface area (TPSA) is 37.3 Å². The predicted molar refractivity (Wildman–Crippen MR) is 73.7 cm³/mol. The smallest absolute Gasteiger partial charge is 0.155 e. The fourth-order valence-electron chi connectivity index (χ4n) is 3.54. The van der Waals surface area contributed by atoms with Crippen LogP contribution in [0, 0.1) is 17.3 Å². The van der Waals surface area contributed by atoms with Gasteiger partial charge in [0.05, 0.1) is 11.5 Å². The van der Waals surface area contributed by atoms with Crippen LogP contribution >= 0.6 is 11.6 Å². The van der Waals surface area contributed by atoms with E-state index < -0.39 is 5.60 Å². The van der Waals surface area contributed by atoms with Gasteiger partial charge < -0.3 is 5.11 Å². The molecule has 18 heavy (non-hydrogen) atoms. The number of carbonyl (C=O) groups is 1. The third kappa shape index (κ3) is 2.25. The van der Waals surface area contributed by atoms with Gasteiger partial charge in [-0.1, -0.05) is 19.4 Å². The average Bonchev–Trinajstić information content (AvgIpc) is 2.30. The Morgan fingerprint density at radius 1 is 1.61 bits per heavy atom. The van der Waals surface area contributed by atoms with Crippen LogP contribution in [0.1, 0.15) is 46.5 Å². The predicted octanol–water partition coefficient (Wildman–Crippen LogP) is 3.32. The number of carbonyl (C=O) groups excluding carboxylic acids is 1. The summed E-state index contributed by atoms with van der Waals surface area (Å²) in [7, 11) is 0. The van der Waals surface area contributed by atoms with Crippen molar-refractivity contribution in [1.29, 1.82) is 0 Å². The average molecular weight is 271 g/mol. The fourth-order valence-corrected chi connectivity index (χ4v) is 3.75. The van der Waals surface area contributed by atoms with Gasteiger partial charge in [0.15, 0.2) is 5.78 Å². The standard InChI is InChI=1S/C15H23ClO2/c1-10-6-13(17)7-11-4-5-12(8-14(10,11)2)15(3,18)9-16/h7,10,12,18H,4-6,8-9H2,1-3H3/t10-,12-,14+,15+/m1/s1. The Bertz CT molecular complexity index is 386. The lowest BCUT2D eigenvalue weighted by Crippen LogP contribution is -2.46. The molecule has 2 nitrogen and oxygen atoms in total. The van der Waals surface area contributed by atoms with Gasteiger partial charge in [0.1, 0.15) is 0 Å². The van der Waals surface area contributed by atoms with Crippen molar-refractivity contribution >= 4 is 17.4 Å². The molecule has 102 valence electrons. The summed E-state index contributed by atoms with van der Waals surface area (Å²) in [5.41, 5.74) is 0.553. The number of hydrogen-bond donors (Lipinski definition) is 1. The highest BCUT2D eigenvalue weighted by molar-refractivity contribution is 6.18. The second-order valence-electron chi connectivity index (χ2n) is 6.59. The van der Waals surface area contributed by atoms with Crippen LogP contribution in [0.25, 0.3) is 0 Å². The SMILES string of the molecule is C[C@@H]1CC(=O)C=C2CC[C@@H]([C@@](C)(O)CCl)C[C@]21C. The van der Waals surface area contributed by atoms with Crippen LogP contribution in [-0.2, 0) is 4.79 Å². The van der Waals surface area contributed by atoms with Crippen molar-refractivity contribution in [3.63, 3.8) is 0 Å². The molecule has 2 aliphatic carbocycles. The lowest BCUT2D eigenvalue weighted by atomic mass is 9.56. The van der Waals surface area contributed by atoms with E-state index in [0.717, 1.165) is 19.3 Å². The number of alkyl halides is 1. The minimum atomic E-state index is -0.794. The molecule has 0 aromatic carbocycles. The van der Waals surface area contributed by atoms with E-state index in [1.54, 1.807) is 0 Å². The Hall–Kier alpha value is -0.340. The molecule has 4 atom stereocenters. The van der Waals surface area contributed by atoms with Crippen LogP contribution in [0.2, 0.25) is 0 Å². The number of hydrogen-bond acceptors (Lipinski definition) is 2. The summed E-state index contributed by atoms with van der Waals surface area (Å²) in [5.74, 6) is 1.13. The van der Waals surface area contributed by atoms with Crippen molar-refractivity contribution in [2.24, 2.45) is 17.3 Å². The summed E-state index contributed by atoms with van der Waals surface area (Å²) in [6, 6.07) is 0. The molecule has 2 aliphatic rings. The van der Waals surface area contributed by atoms with Crippen molar-refractivity contribution in [2.45, 2.75) is 52.1 Å². The van der Waals surface area contributed by atoms with Crippen LogP contribution in [0.3, 0.4) is 0 Å². The van der Waals surface area contributed by atoms with E-state index in [1.807, 2.05) is 13.0 Å². The normalized spacial score (nSPS) is 39.8. The first-order chi connectivity index (χ1) is 8.29. The molecule has 1 N–H and O–H groups in total. The van der Waals surface area contributed by atoms with E-state index in [9.17, 15) is 9.90 Å². The van der Waals surface area contributed by atoms with Crippen LogP contribution in [-0.4, -0.2) is 22.4 Å². The van der Waals surface area contributed by atoms with E-state index >= 15 is 0 Å². The molecule has 0 saturated heterocycles. The molecule has 0 aromatic heterocycles. The summed E-state index contributed by atoms with van der Waals surface area (Å²) in [6.07, 6.45) is 5.28. The molecule has 2 rings (SSSR count). The van der Waals surface area contributed by atoms with Gasteiger partial charge in [0, 0.05) is 6.42 Å². The summed E-state index contributed by atoms with van der Waals surface area (Å²) >= 11 is 5.89. The first-order valence-electron chi connectivity index (χ1n) is 6.82. The first kappa shape index (κ1) is 14.1. The molecule has 0 aliphatic heterocycles. The zero-order chi connectivity index (χ0) is 13.6. The van der Waals surface area contributed by atoms with Gasteiger partial charge in [-0.3, -0.25) is 4.79 Å². The maximum absolute atomic E-state index is 11.7. The van der Waals surface area contributed by atoms with Crippen molar-refractivity contribution in [1.82, 2.24) is 0 Å². The molecule has 1 fully saturated rings. The van der Waals surface area contributed by atoms with Gasteiger partial charge in [0.2, 0.25) is 0 Å². The van der Waals surface area contributed by atoms with Crippen LogP contribution in [0.15, 0.2) is 11.6 Å². The summed E-state index contributed by atoms with van der Waals surface area (Å²) in [6.45, 7) is 6.23. The summed E-state index contributed by atoms with van der Waals surface area (Å²) in [4.78, 5) is 11.7. The molecule has 0 unspecified atom stereocenters. The molecule has 0 radical (unpaired) electrons. The molecule has 1 saturated carbocycles. The third-order valence-electron chi connectivity index (χ3n) is 5.25. The van der Waals surface area contributed by atoms with Gasteiger partial charge >= 0.3 is 0 Å². The van der Waals surface area contributed by atoms with E-state index in [2.05, 4.69) is 13.8 Å². The maximum Gasteiger partial charge on any atom is 0.155 e. The van der Waals surface area contributed by atoms with E-state index in [4.69, 9.17) is 11.6 Å². The summed E-state index contributed by atoms with van der Waals surface area (Å²) < 4.78 is 0. The number of rotatable bonds is 2. The number of allylic oxidation sites excluding steroid dienone is 2. The highest BCUT2D eigenvalue weighted by Gasteiger charge is 2.47. The largest absolute Gasteiger partial charge is 0.389 e. The molecule has 0 amide bonds. The maximum atomic E-state index is 11.7. The molecule has 0 heterocycles. The van der Waals surface area contributed by atoms with Crippen molar-refractivity contribution in [3.8, 4) is 0 Å². The first-order valence-corrected chi connectivity index (χ1v) is 7.35. The lowest BCUT2D eigenvalue weighted by molar-refractivity contribution is -0.117. The van der Waals surface area contributed by atoms with Crippen molar-refractivity contribution in [2.75, 3.05) is 5.88 Å². The minimum absolute atomic E-state index is 0.0624. The lowest BCUT2D eigenvalue weighted by Gasteiger charge is -2.49. The van der Waals surface area contributed by atoms with Gasteiger partial charge in [0.25, 0.3) is 0 Å². The highest BCUT2D eigenvalue weighted by atomic mass is 35.5. The van der Waals surface area contributed by atoms with Crippen LogP contribution in [0.5, 0.6) is 0 Å². The third-order valence-corrected chi connectivity index (χ3v) is 5.79. The number of ketones is 1. The Kier molecular flexibility index (Phi) is 3.63. The van der Waals surface area contributed by atoms with E-state index in [1.165, 1.54) is 5.57 Å². The molecule has 3 heteroatoms. The van der Waals surface area contributed by atoms with Crippen molar-refractivity contribution in [3.05, 3.63) is 11.6 Å². The Balaban J connectivity index is 2.26. The Labute approximate surface area is 114 Å². The fraction of sp³-hybridized carbons (Fsp3) is 0.800. The summed E-state index contributed by atoms with van der Waals surface area (Å²) in [5, 5.41) is 10.4. The van der Waals surface area contributed by atoms with Crippen LogP contribution in [0.4, 0.5) is 0 Å². The second kappa shape index (κ2) is 4.64. The minimum Gasteiger partial charge on any atom is -0.389 e. The molecule has 0 spiro atoms. The second-order valence-corrected chi connectivity index (χ2v) is 6.86. The van der Waals surface area contributed by atoms with Crippen LogP contribution < -0.4 is 0 Å². The zero-order valence-corrected chi connectivity index (χ0v) is 12.3. The Morgan fingerprint density at radius 2 is 2.28 bits per heavy atom. The number of fused-ring (bicyclic) bond motifs is 1. The van der Waals surface area contributed by atoms with Crippen molar-refractivity contribution < 1.29 is 9.90 Å². The number of aliphatic hydroxyl groups is 1. The monoisotopic (exact) mass is 270 g/mol. The highest BCUT2D eigenvalue weighted by Crippen LogP contribution is 2.53. The van der Waals surface area contributed by atoms with Gasteiger partial charge in [-0.25, -0.2) is 0 Å². The molecular formula is C15H23ClO2. The molecule has 0 bridgehead atoms. The van der Waals surface area contributed by atoms with E-state index in [0.29, 0.717) is 12.3 Å². The Morgan fingerprint density at radius 3 is 2.89 bits per heavy atom. The zero-order valence-electron chi connectivity index (χ0n) is 11.5. The number of halogens is 1.